The van der Waals surface area contributed by atoms with Crippen LogP contribution in [0, 0.1) is 0 Å². The summed E-state index contributed by atoms with van der Waals surface area (Å²) in [6, 6.07) is 7.78. The second-order valence-electron chi connectivity index (χ2n) is 4.48. The average Bonchev–Trinajstić information content (AvgIpc) is 2.43. The van der Waals surface area contributed by atoms with Gasteiger partial charge in [0.05, 0.1) is 6.04 Å². The Balaban J connectivity index is 2.53. The Labute approximate surface area is 122 Å². The number of hydrogen-bond donors (Lipinski definition) is 3. The maximum atomic E-state index is 11.9. The molecular weight excluding hydrogens is 276 g/mol. The van der Waals surface area contributed by atoms with E-state index in [1.807, 2.05) is 36.6 Å². The molecule has 0 aliphatic heterocycles. The van der Waals surface area contributed by atoms with Crippen LogP contribution in [0.4, 0.5) is 0 Å². The SMILES string of the molecule is CSCCC(NC(=O)[C@H](N)Cc1ccccc1)C(=O)O. The van der Waals surface area contributed by atoms with E-state index in [9.17, 15) is 9.59 Å². The minimum absolute atomic E-state index is 0.389. The van der Waals surface area contributed by atoms with Crippen LogP contribution in [0.1, 0.15) is 12.0 Å². The third-order valence-electron chi connectivity index (χ3n) is 2.86. The molecule has 1 rings (SSSR count). The molecule has 0 aliphatic carbocycles. The maximum absolute atomic E-state index is 11.9. The molecule has 0 spiro atoms. The molecule has 1 aromatic rings. The van der Waals surface area contributed by atoms with Crippen LogP contribution in [0.5, 0.6) is 0 Å². The van der Waals surface area contributed by atoms with Crippen molar-refractivity contribution in [1.29, 1.82) is 0 Å². The molecule has 0 bridgehead atoms. The molecule has 0 aromatic heterocycles. The van der Waals surface area contributed by atoms with Gasteiger partial charge in [-0.05, 0) is 30.4 Å². The summed E-state index contributed by atoms with van der Waals surface area (Å²) >= 11 is 1.54. The van der Waals surface area contributed by atoms with Crippen molar-refractivity contribution in [3.8, 4) is 0 Å². The lowest BCUT2D eigenvalue weighted by molar-refractivity contribution is -0.142. The molecule has 0 saturated heterocycles. The largest absolute Gasteiger partial charge is 0.480 e. The predicted octanol–water partition coefficient (Wildman–Crippen LogP) is 0.879. The molecule has 2 atom stereocenters. The van der Waals surface area contributed by atoms with E-state index in [4.69, 9.17) is 10.8 Å². The van der Waals surface area contributed by atoms with Gasteiger partial charge in [-0.1, -0.05) is 30.3 Å². The lowest BCUT2D eigenvalue weighted by atomic mass is 10.1. The summed E-state index contributed by atoms with van der Waals surface area (Å²) in [7, 11) is 0. The monoisotopic (exact) mass is 296 g/mol. The zero-order chi connectivity index (χ0) is 15.0. The number of carbonyl (C=O) groups is 2. The van der Waals surface area contributed by atoms with Crippen molar-refractivity contribution < 1.29 is 14.7 Å². The maximum Gasteiger partial charge on any atom is 0.326 e. The number of nitrogens with one attached hydrogen (secondary N) is 1. The van der Waals surface area contributed by atoms with E-state index in [0.29, 0.717) is 18.6 Å². The number of carbonyl (C=O) groups excluding carboxylic acids is 1. The Morgan fingerprint density at radius 3 is 2.55 bits per heavy atom. The van der Waals surface area contributed by atoms with Gasteiger partial charge in [-0.3, -0.25) is 4.79 Å². The minimum Gasteiger partial charge on any atom is -0.480 e. The van der Waals surface area contributed by atoms with Gasteiger partial charge < -0.3 is 16.2 Å². The quantitative estimate of drug-likeness (QED) is 0.662. The highest BCUT2D eigenvalue weighted by Gasteiger charge is 2.22. The Kier molecular flexibility index (Phi) is 7.11. The van der Waals surface area contributed by atoms with E-state index >= 15 is 0 Å². The third kappa shape index (κ3) is 5.63. The second-order valence-corrected chi connectivity index (χ2v) is 5.46. The fourth-order valence-electron chi connectivity index (χ4n) is 1.73. The number of nitrogens with two attached hydrogens (primary N) is 1. The lowest BCUT2D eigenvalue weighted by Crippen LogP contribution is -2.49. The third-order valence-corrected chi connectivity index (χ3v) is 3.50. The van der Waals surface area contributed by atoms with E-state index in [1.165, 1.54) is 11.8 Å². The van der Waals surface area contributed by atoms with Gasteiger partial charge in [-0.25, -0.2) is 4.79 Å². The van der Waals surface area contributed by atoms with Crippen molar-refractivity contribution in [1.82, 2.24) is 5.32 Å². The first-order valence-electron chi connectivity index (χ1n) is 6.36. The van der Waals surface area contributed by atoms with E-state index in [-0.39, 0.29) is 0 Å². The number of carboxylic acids is 1. The van der Waals surface area contributed by atoms with Crippen molar-refractivity contribution >= 4 is 23.6 Å². The van der Waals surface area contributed by atoms with E-state index in [2.05, 4.69) is 5.32 Å². The number of carboxylic acid groups (broad SMARTS) is 1. The van der Waals surface area contributed by atoms with Crippen molar-refractivity contribution in [2.45, 2.75) is 24.9 Å². The van der Waals surface area contributed by atoms with Crippen LogP contribution in [0.25, 0.3) is 0 Å². The number of thioether (sulfide) groups is 1. The standard InChI is InChI=1S/C14H20N2O3S/c1-20-8-7-12(14(18)19)16-13(17)11(15)9-10-5-3-2-4-6-10/h2-6,11-12H,7-9,15H2,1H3,(H,16,17)(H,18,19)/t11-,12?/m1/s1. The van der Waals surface area contributed by atoms with Crippen molar-refractivity contribution in [2.75, 3.05) is 12.0 Å². The van der Waals surface area contributed by atoms with Gasteiger partial charge in [0.2, 0.25) is 5.91 Å². The molecule has 0 aliphatic rings. The summed E-state index contributed by atoms with van der Waals surface area (Å²) < 4.78 is 0. The van der Waals surface area contributed by atoms with Crippen LogP contribution < -0.4 is 11.1 Å². The molecule has 6 heteroatoms. The van der Waals surface area contributed by atoms with Crippen LogP contribution >= 0.6 is 11.8 Å². The molecule has 0 fully saturated rings. The van der Waals surface area contributed by atoms with Crippen LogP contribution in [0.15, 0.2) is 30.3 Å². The van der Waals surface area contributed by atoms with Gasteiger partial charge in [-0.2, -0.15) is 11.8 Å². The number of aliphatic carboxylic acids is 1. The minimum atomic E-state index is -1.03. The summed E-state index contributed by atoms with van der Waals surface area (Å²) in [4.78, 5) is 23.0. The van der Waals surface area contributed by atoms with E-state index in [1.54, 1.807) is 0 Å². The Hall–Kier alpha value is -1.53. The van der Waals surface area contributed by atoms with Crippen LogP contribution in [0.3, 0.4) is 0 Å². The fraction of sp³-hybridized carbons (Fsp3) is 0.429. The Bertz CT molecular complexity index is 439. The highest BCUT2D eigenvalue weighted by molar-refractivity contribution is 7.98. The van der Waals surface area contributed by atoms with Gasteiger partial charge in [0.25, 0.3) is 0 Å². The van der Waals surface area contributed by atoms with E-state index < -0.39 is 24.0 Å². The molecule has 0 heterocycles. The predicted molar refractivity (Wildman–Crippen MR) is 80.7 cm³/mol. The zero-order valence-corrected chi connectivity index (χ0v) is 12.2. The summed E-state index contributed by atoms with van der Waals surface area (Å²) in [6.07, 6.45) is 2.67. The highest BCUT2D eigenvalue weighted by Crippen LogP contribution is 2.04. The first-order valence-corrected chi connectivity index (χ1v) is 7.75. The van der Waals surface area contributed by atoms with Crippen LogP contribution in [-0.4, -0.2) is 41.1 Å². The molecule has 5 nitrogen and oxygen atoms in total. The van der Waals surface area contributed by atoms with Crippen molar-refractivity contribution in [3.63, 3.8) is 0 Å². The van der Waals surface area contributed by atoms with Crippen molar-refractivity contribution in [2.24, 2.45) is 5.73 Å². The van der Waals surface area contributed by atoms with Crippen LogP contribution in [0.2, 0.25) is 0 Å². The molecule has 110 valence electrons. The first kappa shape index (κ1) is 16.5. The lowest BCUT2D eigenvalue weighted by Gasteiger charge is -2.17. The molecule has 1 amide bonds. The Morgan fingerprint density at radius 2 is 2.00 bits per heavy atom. The molecule has 1 aromatic carbocycles. The van der Waals surface area contributed by atoms with Gasteiger partial charge in [-0.15, -0.1) is 0 Å². The number of hydrogen-bond acceptors (Lipinski definition) is 4. The Morgan fingerprint density at radius 1 is 1.35 bits per heavy atom. The van der Waals surface area contributed by atoms with Gasteiger partial charge in [0.15, 0.2) is 0 Å². The number of rotatable bonds is 8. The highest BCUT2D eigenvalue weighted by atomic mass is 32.2. The first-order chi connectivity index (χ1) is 9.54. The van der Waals surface area contributed by atoms with Gasteiger partial charge in [0.1, 0.15) is 6.04 Å². The van der Waals surface area contributed by atoms with E-state index in [0.717, 1.165) is 5.56 Å². The number of benzene rings is 1. The molecule has 0 saturated carbocycles. The summed E-state index contributed by atoms with van der Waals surface area (Å²) in [6.45, 7) is 0. The molecule has 20 heavy (non-hydrogen) atoms. The second kappa shape index (κ2) is 8.60. The molecular formula is C14H20N2O3S. The fourth-order valence-corrected chi connectivity index (χ4v) is 2.20. The van der Waals surface area contributed by atoms with Gasteiger partial charge in [0, 0.05) is 0 Å². The number of amides is 1. The zero-order valence-electron chi connectivity index (χ0n) is 11.4. The van der Waals surface area contributed by atoms with Crippen molar-refractivity contribution in [3.05, 3.63) is 35.9 Å². The topological polar surface area (TPSA) is 92.4 Å². The molecule has 0 radical (unpaired) electrons. The summed E-state index contributed by atoms with van der Waals surface area (Å²) in [5, 5.41) is 11.5. The summed E-state index contributed by atoms with van der Waals surface area (Å²) in [5.74, 6) is -0.785. The molecule has 4 N–H and O–H groups in total. The summed E-state index contributed by atoms with van der Waals surface area (Å²) in [5.41, 5.74) is 6.77. The smallest absolute Gasteiger partial charge is 0.326 e. The molecule has 1 unspecified atom stereocenters. The normalized spacial score (nSPS) is 13.5. The van der Waals surface area contributed by atoms with Crippen LogP contribution in [-0.2, 0) is 16.0 Å². The van der Waals surface area contributed by atoms with Gasteiger partial charge >= 0.3 is 5.97 Å². The average molecular weight is 296 g/mol.